The van der Waals surface area contributed by atoms with Gasteiger partial charge >= 0.3 is 11.9 Å². The van der Waals surface area contributed by atoms with Crippen molar-refractivity contribution in [3.05, 3.63) is 84.8 Å². The zero-order valence-electron chi connectivity index (χ0n) is 19.6. The summed E-state index contributed by atoms with van der Waals surface area (Å²) in [4.78, 5) is 39.9. The molecule has 10 heteroatoms. The maximum absolute atomic E-state index is 13.5. The molecule has 2 heterocycles. The number of rotatable bonds is 6. The minimum atomic E-state index is -0.997. The van der Waals surface area contributed by atoms with Gasteiger partial charge in [-0.1, -0.05) is 24.3 Å². The van der Waals surface area contributed by atoms with E-state index in [1.165, 1.54) is 24.3 Å². The van der Waals surface area contributed by atoms with Crippen LogP contribution in [0.4, 0.5) is 0 Å². The van der Waals surface area contributed by atoms with E-state index in [1.807, 2.05) is 0 Å². The highest BCUT2D eigenvalue weighted by Crippen LogP contribution is 2.38. The molecule has 1 aliphatic rings. The molecule has 0 saturated heterocycles. The van der Waals surface area contributed by atoms with Crippen LogP contribution in [0, 0.1) is 0 Å². The van der Waals surface area contributed by atoms with E-state index in [1.54, 1.807) is 44.2 Å². The Labute approximate surface area is 209 Å². The van der Waals surface area contributed by atoms with Crippen molar-refractivity contribution < 1.29 is 29.3 Å². The summed E-state index contributed by atoms with van der Waals surface area (Å²) in [5.74, 6) is -2.56. The molecule has 0 amide bonds. The first-order valence-electron chi connectivity index (χ1n) is 11.2. The highest BCUT2D eigenvalue weighted by atomic mass is 32.1. The van der Waals surface area contributed by atoms with Crippen LogP contribution in [0.3, 0.4) is 0 Å². The first kappa shape index (κ1) is 24.8. The zero-order chi connectivity index (χ0) is 26.0. The number of nitrogens with zero attached hydrogens (tertiary/aromatic N) is 1. The fourth-order valence-corrected chi connectivity index (χ4v) is 5.15. The smallest absolute Gasteiger partial charge is 0.338 e. The molecule has 4 rings (SSSR count). The molecule has 0 fully saturated rings. The number of ether oxygens (including phenoxy) is 2. The standard InChI is InChI=1S/C26H24N2O7S/c1-3-34-25(32)20-19(15-7-11-17(30)12-8-15)21(26(33)35-4-2)24-28(22(20)27)23(31)18(36-24)13-14-5-9-16(29)10-6-14/h5-13,19,29-30H,3-4,27H2,1-2H3. The normalized spacial score (nSPS) is 15.6. The van der Waals surface area contributed by atoms with Crippen LogP contribution in [-0.2, 0) is 19.1 Å². The fourth-order valence-electron chi connectivity index (χ4n) is 3.98. The number of aromatic nitrogens is 1. The van der Waals surface area contributed by atoms with E-state index < -0.39 is 23.4 Å². The third-order valence-corrected chi connectivity index (χ3v) is 6.66. The van der Waals surface area contributed by atoms with Crippen molar-refractivity contribution in [2.75, 3.05) is 13.2 Å². The molecular weight excluding hydrogens is 484 g/mol. The number of fused-ring (bicyclic) bond motifs is 1. The van der Waals surface area contributed by atoms with E-state index in [9.17, 15) is 24.6 Å². The van der Waals surface area contributed by atoms with Gasteiger partial charge in [0.15, 0.2) is 0 Å². The van der Waals surface area contributed by atoms with E-state index in [4.69, 9.17) is 15.2 Å². The van der Waals surface area contributed by atoms with Gasteiger partial charge in [-0.2, -0.15) is 0 Å². The van der Waals surface area contributed by atoms with E-state index in [2.05, 4.69) is 0 Å². The molecule has 2 aromatic carbocycles. The van der Waals surface area contributed by atoms with Gasteiger partial charge < -0.3 is 25.4 Å². The summed E-state index contributed by atoms with van der Waals surface area (Å²) in [6.07, 6.45) is 1.60. The lowest BCUT2D eigenvalue weighted by molar-refractivity contribution is -0.138. The van der Waals surface area contributed by atoms with Crippen molar-refractivity contribution in [2.24, 2.45) is 5.73 Å². The molecule has 1 aromatic heterocycles. The molecule has 0 spiro atoms. The number of phenolic OH excluding ortho intramolecular Hbond substituents is 2. The molecule has 36 heavy (non-hydrogen) atoms. The monoisotopic (exact) mass is 508 g/mol. The van der Waals surface area contributed by atoms with Gasteiger partial charge in [0.1, 0.15) is 22.0 Å². The summed E-state index contributed by atoms with van der Waals surface area (Å²) in [6, 6.07) is 12.2. The van der Waals surface area contributed by atoms with Gasteiger partial charge in [0, 0.05) is 0 Å². The van der Waals surface area contributed by atoms with Crippen LogP contribution in [0.2, 0.25) is 0 Å². The first-order valence-corrected chi connectivity index (χ1v) is 12.0. The van der Waals surface area contributed by atoms with Gasteiger partial charge in [-0.05, 0) is 55.3 Å². The van der Waals surface area contributed by atoms with Gasteiger partial charge in [-0.15, -0.1) is 11.3 Å². The molecule has 3 aromatic rings. The number of phenols is 2. The van der Waals surface area contributed by atoms with Crippen LogP contribution < -0.4 is 20.5 Å². The van der Waals surface area contributed by atoms with Crippen molar-refractivity contribution >= 4 is 40.7 Å². The summed E-state index contributed by atoms with van der Waals surface area (Å²) in [5.41, 5.74) is 7.03. The summed E-state index contributed by atoms with van der Waals surface area (Å²) >= 11 is 1.03. The quantitative estimate of drug-likeness (QED) is 0.424. The SMILES string of the molecule is CCOC(=O)C1=C(N)n2c(sc(=Cc3ccc(O)cc3)c2=O)=C(C(=O)OCC)C1c1ccc(O)cc1. The molecule has 0 bridgehead atoms. The van der Waals surface area contributed by atoms with Crippen molar-refractivity contribution in [1.29, 1.82) is 0 Å². The Kier molecular flexibility index (Phi) is 6.98. The molecule has 9 nitrogen and oxygen atoms in total. The molecule has 1 atom stereocenters. The first-order chi connectivity index (χ1) is 17.3. The number of carbonyl (C=O) groups is 2. The maximum Gasteiger partial charge on any atom is 0.338 e. The molecule has 0 aliphatic carbocycles. The number of aromatic hydroxyl groups is 2. The number of hydrogen-bond donors (Lipinski definition) is 3. The molecule has 1 aliphatic heterocycles. The number of esters is 2. The Morgan fingerprint density at radius 3 is 2.03 bits per heavy atom. The minimum Gasteiger partial charge on any atom is -0.508 e. The number of hydrogen-bond acceptors (Lipinski definition) is 9. The van der Waals surface area contributed by atoms with Gasteiger partial charge in [0.2, 0.25) is 0 Å². The number of carbonyl (C=O) groups excluding carboxylic acids is 2. The van der Waals surface area contributed by atoms with Crippen molar-refractivity contribution in [2.45, 2.75) is 19.8 Å². The van der Waals surface area contributed by atoms with E-state index in [-0.39, 0.29) is 50.9 Å². The number of thiazole rings is 1. The third kappa shape index (κ3) is 4.50. The largest absolute Gasteiger partial charge is 0.508 e. The zero-order valence-corrected chi connectivity index (χ0v) is 20.4. The Bertz CT molecular complexity index is 1530. The van der Waals surface area contributed by atoms with Crippen molar-refractivity contribution in [3.63, 3.8) is 0 Å². The highest BCUT2D eigenvalue weighted by Gasteiger charge is 2.39. The fraction of sp³-hybridized carbons (Fsp3) is 0.192. The van der Waals surface area contributed by atoms with Crippen LogP contribution in [0.5, 0.6) is 11.5 Å². The maximum atomic E-state index is 13.5. The third-order valence-electron chi connectivity index (χ3n) is 5.56. The van der Waals surface area contributed by atoms with Crippen LogP contribution in [0.1, 0.15) is 30.9 Å². The van der Waals surface area contributed by atoms with Crippen molar-refractivity contribution in [1.82, 2.24) is 4.57 Å². The number of benzene rings is 2. The molecule has 1 unspecified atom stereocenters. The Balaban J connectivity index is 2.10. The van der Waals surface area contributed by atoms with Gasteiger partial charge in [-0.25, -0.2) is 9.59 Å². The molecule has 0 saturated carbocycles. The lowest BCUT2D eigenvalue weighted by Crippen LogP contribution is -2.42. The summed E-state index contributed by atoms with van der Waals surface area (Å²) < 4.78 is 12.2. The summed E-state index contributed by atoms with van der Waals surface area (Å²) in [6.45, 7) is 3.41. The molecule has 4 N–H and O–H groups in total. The highest BCUT2D eigenvalue weighted by molar-refractivity contribution is 7.07. The topological polar surface area (TPSA) is 141 Å². The second-order valence-corrected chi connectivity index (χ2v) is 8.86. The molecule has 186 valence electrons. The lowest BCUT2D eigenvalue weighted by atomic mass is 9.83. The Morgan fingerprint density at radius 1 is 0.944 bits per heavy atom. The Hall–Kier alpha value is -4.31. The van der Waals surface area contributed by atoms with E-state index in [0.29, 0.717) is 11.1 Å². The van der Waals surface area contributed by atoms with Crippen LogP contribution >= 0.6 is 11.3 Å². The van der Waals surface area contributed by atoms with Crippen LogP contribution in [0.15, 0.2) is 58.9 Å². The van der Waals surface area contributed by atoms with Gasteiger partial charge in [0.05, 0.1) is 34.8 Å². The molecular formula is C26H24N2O7S. The van der Waals surface area contributed by atoms with Crippen LogP contribution in [0.25, 0.3) is 17.5 Å². The number of nitrogens with two attached hydrogens (primary N) is 1. The lowest BCUT2D eigenvalue weighted by Gasteiger charge is -2.27. The van der Waals surface area contributed by atoms with E-state index >= 15 is 0 Å². The van der Waals surface area contributed by atoms with Gasteiger partial charge in [0.25, 0.3) is 5.56 Å². The second-order valence-electron chi connectivity index (χ2n) is 7.83. The van der Waals surface area contributed by atoms with E-state index in [0.717, 1.165) is 15.9 Å². The minimum absolute atomic E-state index is 0.000645. The predicted molar refractivity (Wildman–Crippen MR) is 134 cm³/mol. The average Bonchev–Trinajstić information content (AvgIpc) is 3.17. The second kappa shape index (κ2) is 10.1. The summed E-state index contributed by atoms with van der Waals surface area (Å²) in [7, 11) is 0. The Morgan fingerprint density at radius 2 is 1.47 bits per heavy atom. The average molecular weight is 509 g/mol. The van der Waals surface area contributed by atoms with Crippen molar-refractivity contribution in [3.8, 4) is 11.5 Å². The summed E-state index contributed by atoms with van der Waals surface area (Å²) in [5, 5.41) is 19.3. The van der Waals surface area contributed by atoms with Crippen LogP contribution in [-0.4, -0.2) is 39.9 Å². The van der Waals surface area contributed by atoms with Gasteiger partial charge in [-0.3, -0.25) is 9.36 Å². The molecule has 0 radical (unpaired) electrons. The predicted octanol–water partition coefficient (Wildman–Crippen LogP) is 1.35.